The fourth-order valence-corrected chi connectivity index (χ4v) is 2.30. The zero-order valence-corrected chi connectivity index (χ0v) is 11.0. The molecule has 4 heteroatoms. The molecule has 0 heterocycles. The van der Waals surface area contributed by atoms with Gasteiger partial charge in [-0.05, 0) is 41.8 Å². The summed E-state index contributed by atoms with van der Waals surface area (Å²) in [4.78, 5) is 0. The van der Waals surface area contributed by atoms with Crippen LogP contribution in [0.5, 0.6) is 0 Å². The van der Waals surface area contributed by atoms with Crippen molar-refractivity contribution in [3.8, 4) is 0 Å². The lowest BCUT2D eigenvalue weighted by atomic mass is 9.76. The summed E-state index contributed by atoms with van der Waals surface area (Å²) < 4.78 is 26.0. The molecule has 3 N–H and O–H groups in total. The van der Waals surface area contributed by atoms with E-state index in [0.717, 1.165) is 11.1 Å². The van der Waals surface area contributed by atoms with E-state index in [2.05, 4.69) is 0 Å². The third kappa shape index (κ3) is 3.03. The first-order chi connectivity index (χ1) is 9.59. The van der Waals surface area contributed by atoms with Crippen molar-refractivity contribution in [3.63, 3.8) is 0 Å². The van der Waals surface area contributed by atoms with Crippen LogP contribution in [0.2, 0.25) is 0 Å². The van der Waals surface area contributed by atoms with Gasteiger partial charge in [0, 0.05) is 12.0 Å². The van der Waals surface area contributed by atoms with E-state index >= 15 is 0 Å². The third-order valence-corrected chi connectivity index (χ3v) is 3.61. The molecule has 0 aromatic heterocycles. The fourth-order valence-electron chi connectivity index (χ4n) is 2.30. The van der Waals surface area contributed by atoms with E-state index in [1.165, 1.54) is 24.3 Å². The molecular formula is C16H17F2NO. The molecule has 0 radical (unpaired) electrons. The summed E-state index contributed by atoms with van der Waals surface area (Å²) >= 11 is 0. The fraction of sp³-hybridized carbons (Fsp3) is 0.250. The van der Waals surface area contributed by atoms with Gasteiger partial charge in [-0.1, -0.05) is 24.3 Å². The minimum atomic E-state index is -0.689. The SMILES string of the molecule is NCC(CO)(Cc1ccc(F)cc1)c1ccc(F)cc1. The normalized spacial score (nSPS) is 14.0. The first-order valence-electron chi connectivity index (χ1n) is 6.41. The van der Waals surface area contributed by atoms with Gasteiger partial charge in [-0.2, -0.15) is 0 Å². The number of hydrogen-bond acceptors (Lipinski definition) is 2. The van der Waals surface area contributed by atoms with Crippen LogP contribution in [0.1, 0.15) is 11.1 Å². The lowest BCUT2D eigenvalue weighted by Gasteiger charge is -2.31. The van der Waals surface area contributed by atoms with Gasteiger partial charge in [0.05, 0.1) is 6.61 Å². The van der Waals surface area contributed by atoms with E-state index in [-0.39, 0.29) is 24.8 Å². The Kier molecular flexibility index (Phi) is 4.47. The Bertz CT molecular complexity index is 548. The van der Waals surface area contributed by atoms with Crippen LogP contribution in [0.3, 0.4) is 0 Å². The van der Waals surface area contributed by atoms with Crippen LogP contribution in [0.15, 0.2) is 48.5 Å². The lowest BCUT2D eigenvalue weighted by molar-refractivity contribution is 0.196. The number of nitrogens with two attached hydrogens (primary N) is 1. The molecule has 0 saturated heterocycles. The average Bonchev–Trinajstić information content (AvgIpc) is 2.48. The van der Waals surface area contributed by atoms with E-state index in [4.69, 9.17) is 5.73 Å². The van der Waals surface area contributed by atoms with Crippen LogP contribution < -0.4 is 5.73 Å². The largest absolute Gasteiger partial charge is 0.395 e. The molecule has 0 saturated carbocycles. The van der Waals surface area contributed by atoms with Gasteiger partial charge in [-0.15, -0.1) is 0 Å². The number of benzene rings is 2. The van der Waals surface area contributed by atoms with Crippen molar-refractivity contribution >= 4 is 0 Å². The number of rotatable bonds is 5. The molecule has 0 aliphatic carbocycles. The van der Waals surface area contributed by atoms with Gasteiger partial charge in [0.15, 0.2) is 0 Å². The molecule has 2 aromatic rings. The van der Waals surface area contributed by atoms with Crippen LogP contribution in [0.25, 0.3) is 0 Å². The van der Waals surface area contributed by atoms with Gasteiger partial charge < -0.3 is 10.8 Å². The highest BCUT2D eigenvalue weighted by Crippen LogP contribution is 2.27. The quantitative estimate of drug-likeness (QED) is 0.881. The Labute approximate surface area is 116 Å². The molecule has 2 nitrogen and oxygen atoms in total. The summed E-state index contributed by atoms with van der Waals surface area (Å²) in [6, 6.07) is 12.0. The minimum absolute atomic E-state index is 0.160. The van der Waals surface area contributed by atoms with Crippen LogP contribution in [0, 0.1) is 11.6 Å². The van der Waals surface area contributed by atoms with Gasteiger partial charge in [-0.3, -0.25) is 0 Å². The molecule has 2 aromatic carbocycles. The summed E-state index contributed by atoms with van der Waals surface area (Å²) in [6.45, 7) is 0.0546. The second-order valence-electron chi connectivity index (χ2n) is 4.95. The molecule has 106 valence electrons. The van der Waals surface area contributed by atoms with Crippen molar-refractivity contribution in [2.75, 3.05) is 13.2 Å². The lowest BCUT2D eigenvalue weighted by Crippen LogP contribution is -2.41. The van der Waals surface area contributed by atoms with E-state index in [1.807, 2.05) is 0 Å². The number of aliphatic hydroxyl groups is 1. The number of halogens is 2. The maximum atomic E-state index is 13.0. The standard InChI is InChI=1S/C16H17F2NO/c17-14-5-1-12(2-6-14)9-16(10-19,11-20)13-3-7-15(18)8-4-13/h1-8,20H,9-11,19H2. The first-order valence-corrected chi connectivity index (χ1v) is 6.41. The molecule has 0 bridgehead atoms. The molecular weight excluding hydrogens is 260 g/mol. The Morgan fingerprint density at radius 1 is 0.900 bits per heavy atom. The highest BCUT2D eigenvalue weighted by Gasteiger charge is 2.30. The van der Waals surface area contributed by atoms with Crippen molar-refractivity contribution < 1.29 is 13.9 Å². The van der Waals surface area contributed by atoms with E-state index < -0.39 is 5.41 Å². The van der Waals surface area contributed by atoms with E-state index in [9.17, 15) is 13.9 Å². The predicted molar refractivity (Wildman–Crippen MR) is 74.3 cm³/mol. The second-order valence-corrected chi connectivity index (χ2v) is 4.95. The topological polar surface area (TPSA) is 46.2 Å². The smallest absolute Gasteiger partial charge is 0.123 e. The highest BCUT2D eigenvalue weighted by molar-refractivity contribution is 5.31. The summed E-state index contributed by atoms with van der Waals surface area (Å²) in [6.07, 6.45) is 0.464. The maximum Gasteiger partial charge on any atom is 0.123 e. The van der Waals surface area contributed by atoms with E-state index in [1.54, 1.807) is 24.3 Å². The van der Waals surface area contributed by atoms with Crippen molar-refractivity contribution in [3.05, 3.63) is 71.3 Å². The maximum absolute atomic E-state index is 13.0. The molecule has 0 amide bonds. The summed E-state index contributed by atoms with van der Waals surface area (Å²) in [5, 5.41) is 9.77. The van der Waals surface area contributed by atoms with Crippen molar-refractivity contribution in [2.45, 2.75) is 11.8 Å². The summed E-state index contributed by atoms with van der Waals surface area (Å²) in [5.41, 5.74) is 6.79. The second kappa shape index (κ2) is 6.11. The molecule has 0 spiro atoms. The molecule has 20 heavy (non-hydrogen) atoms. The number of aliphatic hydroxyl groups excluding tert-OH is 1. The van der Waals surface area contributed by atoms with Crippen LogP contribution in [0.4, 0.5) is 8.78 Å². The highest BCUT2D eigenvalue weighted by atomic mass is 19.1. The van der Waals surface area contributed by atoms with Crippen LogP contribution >= 0.6 is 0 Å². The summed E-state index contributed by atoms with van der Waals surface area (Å²) in [5.74, 6) is -0.641. The van der Waals surface area contributed by atoms with Crippen LogP contribution in [-0.2, 0) is 11.8 Å². The monoisotopic (exact) mass is 277 g/mol. The van der Waals surface area contributed by atoms with Gasteiger partial charge in [-0.25, -0.2) is 8.78 Å². The van der Waals surface area contributed by atoms with Gasteiger partial charge >= 0.3 is 0 Å². The molecule has 0 aliphatic rings. The Hall–Kier alpha value is -1.78. The van der Waals surface area contributed by atoms with Crippen LogP contribution in [-0.4, -0.2) is 18.3 Å². The third-order valence-electron chi connectivity index (χ3n) is 3.61. The zero-order valence-electron chi connectivity index (χ0n) is 11.0. The van der Waals surface area contributed by atoms with Gasteiger partial charge in [0.1, 0.15) is 11.6 Å². The van der Waals surface area contributed by atoms with Crippen molar-refractivity contribution in [1.82, 2.24) is 0 Å². The van der Waals surface area contributed by atoms with Gasteiger partial charge in [0.25, 0.3) is 0 Å². The average molecular weight is 277 g/mol. The predicted octanol–water partition coefficient (Wildman–Crippen LogP) is 2.40. The molecule has 2 rings (SSSR count). The summed E-state index contributed by atoms with van der Waals surface area (Å²) in [7, 11) is 0. The molecule has 1 atom stereocenters. The van der Waals surface area contributed by atoms with Crippen molar-refractivity contribution in [1.29, 1.82) is 0 Å². The molecule has 0 aliphatic heterocycles. The Balaban J connectivity index is 2.33. The first kappa shape index (κ1) is 14.6. The zero-order chi connectivity index (χ0) is 14.6. The minimum Gasteiger partial charge on any atom is -0.395 e. The number of hydrogen-bond donors (Lipinski definition) is 2. The van der Waals surface area contributed by atoms with Gasteiger partial charge in [0.2, 0.25) is 0 Å². The molecule has 1 unspecified atom stereocenters. The Morgan fingerprint density at radius 3 is 1.85 bits per heavy atom. The van der Waals surface area contributed by atoms with E-state index in [0.29, 0.717) is 6.42 Å². The molecule has 0 fully saturated rings. The van der Waals surface area contributed by atoms with Crippen molar-refractivity contribution in [2.24, 2.45) is 5.73 Å². The Morgan fingerprint density at radius 2 is 1.40 bits per heavy atom.